The Hall–Kier alpha value is -0.370. The summed E-state index contributed by atoms with van der Waals surface area (Å²) in [5.74, 6) is 0.378. The zero-order valence-electron chi connectivity index (χ0n) is 4.59. The number of hydrogen-bond donors (Lipinski definition) is 0. The van der Waals surface area contributed by atoms with Crippen LogP contribution in [0.1, 0.15) is 19.3 Å². The molecule has 2 rings (SSSR count). The zero-order valence-corrected chi connectivity index (χ0v) is 4.59. The molecule has 2 nitrogen and oxygen atoms in total. The first-order valence-electron chi connectivity index (χ1n) is 3.03. The van der Waals surface area contributed by atoms with E-state index in [0.29, 0.717) is 24.4 Å². The molecule has 1 aliphatic heterocycles. The number of Topliss-reactive ketones (excluding diaryl/α,β-unsaturated/α-hetero) is 1. The molecule has 2 heteroatoms. The number of hydrogen-bond acceptors (Lipinski definition) is 2. The van der Waals surface area contributed by atoms with Gasteiger partial charge in [-0.05, 0) is 6.42 Å². The lowest BCUT2D eigenvalue weighted by Gasteiger charge is -2.00. The van der Waals surface area contributed by atoms with Crippen LogP contribution in [0.2, 0.25) is 0 Å². The van der Waals surface area contributed by atoms with E-state index in [-0.39, 0.29) is 0 Å². The summed E-state index contributed by atoms with van der Waals surface area (Å²) in [6.07, 6.45) is 3.21. The van der Waals surface area contributed by atoms with Gasteiger partial charge in [0.05, 0.1) is 12.2 Å². The summed E-state index contributed by atoms with van der Waals surface area (Å²) in [6, 6.07) is 0. The Morgan fingerprint density at radius 2 is 2.38 bits per heavy atom. The minimum absolute atomic E-state index is 0.330. The van der Waals surface area contributed by atoms with E-state index in [4.69, 9.17) is 4.74 Å². The standard InChI is InChI=1S/C6H8O2/c7-4-1-2-5-6(3-4)8-5/h5-6H,1-3H2. The fraction of sp³-hybridized carbons (Fsp3) is 0.833. The van der Waals surface area contributed by atoms with Crippen LogP contribution in [-0.2, 0) is 9.53 Å². The number of carbonyl (C=O) groups is 1. The molecule has 0 aromatic heterocycles. The molecule has 0 spiro atoms. The smallest absolute Gasteiger partial charge is 0.135 e. The van der Waals surface area contributed by atoms with Crippen LogP contribution >= 0.6 is 0 Å². The predicted octanol–water partition coefficient (Wildman–Crippen LogP) is 0.507. The van der Waals surface area contributed by atoms with Gasteiger partial charge in [0.15, 0.2) is 0 Å². The van der Waals surface area contributed by atoms with Gasteiger partial charge < -0.3 is 4.74 Å². The molecule has 2 atom stereocenters. The van der Waals surface area contributed by atoms with Crippen molar-refractivity contribution in [3.8, 4) is 0 Å². The lowest BCUT2D eigenvalue weighted by Crippen LogP contribution is -2.11. The van der Waals surface area contributed by atoms with E-state index in [1.165, 1.54) is 0 Å². The third-order valence-electron chi connectivity index (χ3n) is 1.82. The van der Waals surface area contributed by atoms with Gasteiger partial charge in [0.2, 0.25) is 0 Å². The maximum atomic E-state index is 10.6. The molecule has 8 heavy (non-hydrogen) atoms. The largest absolute Gasteiger partial charge is 0.369 e. The fourth-order valence-electron chi connectivity index (χ4n) is 1.24. The van der Waals surface area contributed by atoms with Crippen LogP contribution in [0.15, 0.2) is 0 Å². The second-order valence-corrected chi connectivity index (χ2v) is 2.49. The molecule has 1 aliphatic carbocycles. The number of ether oxygens (including phenoxy) is 1. The third-order valence-corrected chi connectivity index (χ3v) is 1.82. The summed E-state index contributed by atoms with van der Waals surface area (Å²) in [5, 5.41) is 0. The van der Waals surface area contributed by atoms with Gasteiger partial charge >= 0.3 is 0 Å². The summed E-state index contributed by atoms with van der Waals surface area (Å²) >= 11 is 0. The van der Waals surface area contributed by atoms with Gasteiger partial charge in [0.1, 0.15) is 5.78 Å². The number of rotatable bonds is 0. The van der Waals surface area contributed by atoms with Gasteiger partial charge in [-0.15, -0.1) is 0 Å². The summed E-state index contributed by atoms with van der Waals surface area (Å²) in [7, 11) is 0. The van der Waals surface area contributed by atoms with Crippen molar-refractivity contribution in [2.75, 3.05) is 0 Å². The Balaban J connectivity index is 2.02. The molecule has 1 saturated carbocycles. The van der Waals surface area contributed by atoms with Crippen LogP contribution in [0, 0.1) is 0 Å². The van der Waals surface area contributed by atoms with Crippen LogP contribution in [0.5, 0.6) is 0 Å². The molecule has 44 valence electrons. The minimum Gasteiger partial charge on any atom is -0.369 e. The molecule has 2 aliphatic rings. The highest BCUT2D eigenvalue weighted by molar-refractivity contribution is 5.80. The lowest BCUT2D eigenvalue weighted by atomic mass is 10.00. The zero-order chi connectivity index (χ0) is 5.56. The Bertz CT molecular complexity index is 130. The van der Waals surface area contributed by atoms with Gasteiger partial charge in [-0.25, -0.2) is 0 Å². The normalized spacial score (nSPS) is 43.8. The van der Waals surface area contributed by atoms with E-state index in [1.54, 1.807) is 0 Å². The van der Waals surface area contributed by atoms with Crippen LogP contribution in [0.3, 0.4) is 0 Å². The minimum atomic E-state index is 0.330. The highest BCUT2D eigenvalue weighted by Gasteiger charge is 2.43. The first-order valence-corrected chi connectivity index (χ1v) is 3.03. The average Bonchev–Trinajstić information content (AvgIpc) is 2.43. The summed E-state index contributed by atoms with van der Waals surface area (Å²) in [6.45, 7) is 0. The van der Waals surface area contributed by atoms with Crippen molar-refractivity contribution in [2.24, 2.45) is 0 Å². The van der Waals surface area contributed by atoms with Gasteiger partial charge in [-0.3, -0.25) is 4.79 Å². The van der Waals surface area contributed by atoms with Gasteiger partial charge in [-0.1, -0.05) is 0 Å². The van der Waals surface area contributed by atoms with Crippen molar-refractivity contribution < 1.29 is 9.53 Å². The van der Waals surface area contributed by atoms with Gasteiger partial charge in [0, 0.05) is 12.8 Å². The maximum absolute atomic E-state index is 10.6. The summed E-state index contributed by atoms with van der Waals surface area (Å²) < 4.78 is 5.13. The Morgan fingerprint density at radius 1 is 1.50 bits per heavy atom. The molecule has 2 fully saturated rings. The molecule has 0 aromatic rings. The van der Waals surface area contributed by atoms with E-state index in [2.05, 4.69) is 0 Å². The van der Waals surface area contributed by atoms with Crippen molar-refractivity contribution >= 4 is 5.78 Å². The van der Waals surface area contributed by atoms with Crippen molar-refractivity contribution in [1.82, 2.24) is 0 Å². The van der Waals surface area contributed by atoms with Crippen molar-refractivity contribution in [3.63, 3.8) is 0 Å². The molecule has 0 radical (unpaired) electrons. The van der Waals surface area contributed by atoms with Crippen LogP contribution in [-0.4, -0.2) is 18.0 Å². The second-order valence-electron chi connectivity index (χ2n) is 2.49. The van der Waals surface area contributed by atoms with Crippen LogP contribution < -0.4 is 0 Å². The van der Waals surface area contributed by atoms with Gasteiger partial charge in [0.25, 0.3) is 0 Å². The quantitative estimate of drug-likeness (QED) is 0.427. The SMILES string of the molecule is O=C1CCC2OC2C1. The van der Waals surface area contributed by atoms with E-state index in [9.17, 15) is 4.79 Å². The average molecular weight is 112 g/mol. The molecule has 1 heterocycles. The topological polar surface area (TPSA) is 29.6 Å². The first-order chi connectivity index (χ1) is 3.86. The summed E-state index contributed by atoms with van der Waals surface area (Å²) in [4.78, 5) is 10.6. The maximum Gasteiger partial charge on any atom is 0.135 e. The van der Waals surface area contributed by atoms with Crippen molar-refractivity contribution in [2.45, 2.75) is 31.5 Å². The van der Waals surface area contributed by atoms with E-state index < -0.39 is 0 Å². The fourth-order valence-corrected chi connectivity index (χ4v) is 1.24. The molecule has 0 amide bonds. The van der Waals surface area contributed by atoms with Crippen LogP contribution in [0.25, 0.3) is 0 Å². The molecule has 0 N–H and O–H groups in total. The highest BCUT2D eigenvalue weighted by atomic mass is 16.6. The first kappa shape index (κ1) is 4.50. The lowest BCUT2D eigenvalue weighted by molar-refractivity contribution is -0.119. The van der Waals surface area contributed by atoms with Crippen molar-refractivity contribution in [1.29, 1.82) is 0 Å². The van der Waals surface area contributed by atoms with Gasteiger partial charge in [-0.2, -0.15) is 0 Å². The number of epoxide rings is 1. The van der Waals surface area contributed by atoms with Crippen molar-refractivity contribution in [3.05, 3.63) is 0 Å². The van der Waals surface area contributed by atoms with E-state index in [0.717, 1.165) is 12.8 Å². The highest BCUT2D eigenvalue weighted by Crippen LogP contribution is 2.34. The monoisotopic (exact) mass is 112 g/mol. The number of ketones is 1. The molecular weight excluding hydrogens is 104 g/mol. The molecule has 1 saturated heterocycles. The molecule has 0 bridgehead atoms. The number of fused-ring (bicyclic) bond motifs is 1. The third kappa shape index (κ3) is 0.564. The second kappa shape index (κ2) is 1.32. The Kier molecular flexibility index (Phi) is 0.742. The van der Waals surface area contributed by atoms with Crippen LogP contribution in [0.4, 0.5) is 0 Å². The molecular formula is C6H8O2. The predicted molar refractivity (Wildman–Crippen MR) is 27.5 cm³/mol. The molecule has 2 unspecified atom stereocenters. The molecule has 0 aromatic carbocycles. The Morgan fingerprint density at radius 3 is 3.00 bits per heavy atom. The number of carbonyl (C=O) groups excluding carboxylic acids is 1. The van der Waals surface area contributed by atoms with E-state index in [1.807, 2.05) is 0 Å². The Labute approximate surface area is 47.8 Å². The summed E-state index contributed by atoms with van der Waals surface area (Å²) in [5.41, 5.74) is 0. The van der Waals surface area contributed by atoms with E-state index >= 15 is 0 Å².